The summed E-state index contributed by atoms with van der Waals surface area (Å²) >= 11 is 0. The van der Waals surface area contributed by atoms with Crippen LogP contribution in [0.25, 0.3) is 0 Å². The summed E-state index contributed by atoms with van der Waals surface area (Å²) in [5.41, 5.74) is -3.03. The highest BCUT2D eigenvalue weighted by atomic mass is 19.4. The van der Waals surface area contributed by atoms with Crippen LogP contribution in [0.1, 0.15) is 25.1 Å². The summed E-state index contributed by atoms with van der Waals surface area (Å²) in [6.45, 7) is 1.68. The summed E-state index contributed by atoms with van der Waals surface area (Å²) in [6, 6.07) is 1.90. The van der Waals surface area contributed by atoms with Gasteiger partial charge in [-0.05, 0) is 31.5 Å². The molecule has 0 aliphatic heterocycles. The van der Waals surface area contributed by atoms with Crippen LogP contribution in [0.3, 0.4) is 0 Å². The van der Waals surface area contributed by atoms with Crippen molar-refractivity contribution in [1.29, 1.82) is 0 Å². The Labute approximate surface area is 132 Å². The number of halogens is 6. The molecule has 0 saturated heterocycles. The number of alkyl halides is 6. The maximum absolute atomic E-state index is 12.5. The van der Waals surface area contributed by atoms with E-state index in [4.69, 9.17) is 0 Å². The maximum Gasteiger partial charge on any atom is 0.471 e. The van der Waals surface area contributed by atoms with Gasteiger partial charge in [-0.3, -0.25) is 14.6 Å². The van der Waals surface area contributed by atoms with Crippen molar-refractivity contribution in [3.8, 4) is 0 Å². The lowest BCUT2D eigenvalue weighted by Crippen LogP contribution is -2.57. The number of aromatic nitrogens is 1. The van der Waals surface area contributed by atoms with Gasteiger partial charge < -0.3 is 10.6 Å². The molecular formula is C13H13F6N3O2. The minimum atomic E-state index is -5.16. The number of carbonyl (C=O) groups is 2. The fourth-order valence-corrected chi connectivity index (χ4v) is 1.55. The molecule has 0 spiro atoms. The van der Waals surface area contributed by atoms with E-state index in [1.165, 1.54) is 11.4 Å². The molecule has 1 heterocycles. The Bertz CT molecular complexity index is 625. The standard InChI is InChI=1S/C13H13F6N3O2/c1-11(2,22-10(24)13(17,18)19)9(23)21-6-7-3-4-20-8(5-7)12(14,15)16/h3-5H,6H2,1-2H3,(H,21,23)(H,22,24). The summed E-state index contributed by atoms with van der Waals surface area (Å²) in [6.07, 6.45) is -8.94. The lowest BCUT2D eigenvalue weighted by Gasteiger charge is -2.25. The molecule has 0 atom stereocenters. The SMILES string of the molecule is CC(C)(NC(=O)C(F)(F)F)C(=O)NCc1ccnc(C(F)(F)F)c1. The zero-order valence-electron chi connectivity index (χ0n) is 12.5. The molecule has 0 saturated carbocycles. The van der Waals surface area contributed by atoms with Gasteiger partial charge in [-0.25, -0.2) is 0 Å². The first-order valence-electron chi connectivity index (χ1n) is 6.43. The number of carbonyl (C=O) groups excluding carboxylic acids is 2. The van der Waals surface area contributed by atoms with E-state index in [1.807, 2.05) is 0 Å². The van der Waals surface area contributed by atoms with Gasteiger partial charge in [-0.2, -0.15) is 26.3 Å². The average molecular weight is 357 g/mol. The van der Waals surface area contributed by atoms with Gasteiger partial charge in [0.25, 0.3) is 0 Å². The number of pyridine rings is 1. The lowest BCUT2D eigenvalue weighted by atomic mass is 10.0. The normalized spacial score (nSPS) is 12.7. The number of amides is 2. The van der Waals surface area contributed by atoms with Crippen molar-refractivity contribution in [2.24, 2.45) is 0 Å². The smallest absolute Gasteiger partial charge is 0.350 e. The summed E-state index contributed by atoms with van der Waals surface area (Å²) in [5.74, 6) is -3.30. The van der Waals surface area contributed by atoms with Crippen LogP contribution in [-0.4, -0.2) is 28.5 Å². The molecule has 24 heavy (non-hydrogen) atoms. The Morgan fingerprint density at radius 2 is 1.67 bits per heavy atom. The quantitative estimate of drug-likeness (QED) is 0.812. The highest BCUT2D eigenvalue weighted by Crippen LogP contribution is 2.27. The van der Waals surface area contributed by atoms with E-state index >= 15 is 0 Å². The summed E-state index contributed by atoms with van der Waals surface area (Å²) in [7, 11) is 0. The third-order valence-corrected chi connectivity index (χ3v) is 2.82. The summed E-state index contributed by atoms with van der Waals surface area (Å²) < 4.78 is 74.1. The third-order valence-electron chi connectivity index (χ3n) is 2.82. The second kappa shape index (κ2) is 6.65. The van der Waals surface area contributed by atoms with Gasteiger partial charge >= 0.3 is 18.3 Å². The fraction of sp³-hybridized carbons (Fsp3) is 0.462. The van der Waals surface area contributed by atoms with E-state index in [9.17, 15) is 35.9 Å². The zero-order valence-corrected chi connectivity index (χ0v) is 12.5. The van der Waals surface area contributed by atoms with Crippen molar-refractivity contribution < 1.29 is 35.9 Å². The van der Waals surface area contributed by atoms with E-state index in [-0.39, 0.29) is 12.1 Å². The van der Waals surface area contributed by atoms with Gasteiger partial charge in [0.05, 0.1) is 0 Å². The minimum absolute atomic E-state index is 0.0450. The van der Waals surface area contributed by atoms with Crippen LogP contribution in [0.4, 0.5) is 26.3 Å². The largest absolute Gasteiger partial charge is 0.471 e. The Hall–Kier alpha value is -2.33. The van der Waals surface area contributed by atoms with Crippen molar-refractivity contribution in [1.82, 2.24) is 15.6 Å². The predicted octanol–water partition coefficient (Wildman–Crippen LogP) is 2.17. The molecule has 5 nitrogen and oxygen atoms in total. The molecule has 2 N–H and O–H groups in total. The van der Waals surface area contributed by atoms with Gasteiger partial charge in [0.15, 0.2) is 0 Å². The average Bonchev–Trinajstić information content (AvgIpc) is 2.42. The molecule has 134 valence electrons. The maximum atomic E-state index is 12.5. The molecule has 0 aliphatic carbocycles. The Kier molecular flexibility index (Phi) is 5.47. The van der Waals surface area contributed by atoms with E-state index in [0.29, 0.717) is 6.07 Å². The Morgan fingerprint density at radius 1 is 1.08 bits per heavy atom. The van der Waals surface area contributed by atoms with E-state index in [0.717, 1.165) is 20.0 Å². The van der Waals surface area contributed by atoms with Gasteiger partial charge in [0, 0.05) is 12.7 Å². The van der Waals surface area contributed by atoms with Crippen molar-refractivity contribution in [2.45, 2.75) is 38.3 Å². The highest BCUT2D eigenvalue weighted by Gasteiger charge is 2.43. The number of nitrogens with zero attached hydrogens (tertiary/aromatic N) is 1. The van der Waals surface area contributed by atoms with E-state index in [1.54, 1.807) is 0 Å². The first kappa shape index (κ1) is 19.7. The molecule has 0 unspecified atom stereocenters. The predicted molar refractivity (Wildman–Crippen MR) is 69.4 cm³/mol. The Morgan fingerprint density at radius 3 is 2.17 bits per heavy atom. The first-order chi connectivity index (χ1) is 10.7. The first-order valence-corrected chi connectivity index (χ1v) is 6.43. The molecule has 0 bridgehead atoms. The molecule has 1 aromatic rings. The van der Waals surface area contributed by atoms with Gasteiger partial charge in [-0.1, -0.05) is 0 Å². The van der Waals surface area contributed by atoms with Crippen LogP contribution in [0, 0.1) is 0 Å². The van der Waals surface area contributed by atoms with E-state index < -0.39 is 35.4 Å². The summed E-state index contributed by atoms with van der Waals surface area (Å²) in [4.78, 5) is 25.8. The molecule has 0 aromatic carbocycles. The molecule has 2 amide bonds. The van der Waals surface area contributed by atoms with E-state index in [2.05, 4.69) is 10.3 Å². The van der Waals surface area contributed by atoms with Crippen LogP contribution in [-0.2, 0) is 22.3 Å². The zero-order chi connectivity index (χ0) is 18.8. The number of rotatable bonds is 4. The van der Waals surface area contributed by atoms with Gasteiger partial charge in [0.2, 0.25) is 5.91 Å². The van der Waals surface area contributed by atoms with Gasteiger partial charge in [-0.15, -0.1) is 0 Å². The van der Waals surface area contributed by atoms with Crippen LogP contribution in [0.5, 0.6) is 0 Å². The van der Waals surface area contributed by atoms with Crippen LogP contribution < -0.4 is 10.6 Å². The van der Waals surface area contributed by atoms with Gasteiger partial charge in [0.1, 0.15) is 11.2 Å². The summed E-state index contributed by atoms with van der Waals surface area (Å²) in [5, 5.41) is 3.66. The highest BCUT2D eigenvalue weighted by molar-refractivity contribution is 5.92. The van der Waals surface area contributed by atoms with Crippen LogP contribution >= 0.6 is 0 Å². The van der Waals surface area contributed by atoms with Crippen molar-refractivity contribution in [3.63, 3.8) is 0 Å². The topological polar surface area (TPSA) is 71.1 Å². The monoisotopic (exact) mass is 357 g/mol. The van der Waals surface area contributed by atoms with Crippen molar-refractivity contribution in [2.75, 3.05) is 0 Å². The van der Waals surface area contributed by atoms with Crippen LogP contribution in [0.2, 0.25) is 0 Å². The second-order valence-corrected chi connectivity index (χ2v) is 5.31. The molecule has 0 aliphatic rings. The lowest BCUT2D eigenvalue weighted by molar-refractivity contribution is -0.176. The van der Waals surface area contributed by atoms with Crippen molar-refractivity contribution in [3.05, 3.63) is 29.6 Å². The molecule has 0 fully saturated rings. The number of nitrogens with one attached hydrogen (secondary N) is 2. The molecule has 1 rings (SSSR count). The Balaban J connectivity index is 2.73. The second-order valence-electron chi connectivity index (χ2n) is 5.31. The minimum Gasteiger partial charge on any atom is -0.350 e. The molecule has 1 aromatic heterocycles. The number of hydrogen-bond donors (Lipinski definition) is 2. The number of hydrogen-bond acceptors (Lipinski definition) is 3. The van der Waals surface area contributed by atoms with Crippen LogP contribution in [0.15, 0.2) is 18.3 Å². The fourth-order valence-electron chi connectivity index (χ4n) is 1.55. The van der Waals surface area contributed by atoms with Crippen molar-refractivity contribution >= 4 is 11.8 Å². The molecular weight excluding hydrogens is 344 g/mol. The third kappa shape index (κ3) is 5.39. The molecule has 0 radical (unpaired) electrons. The molecule has 11 heteroatoms.